The van der Waals surface area contributed by atoms with E-state index < -0.39 is 6.04 Å². The van der Waals surface area contributed by atoms with Gasteiger partial charge in [-0.3, -0.25) is 4.79 Å². The Kier molecular flexibility index (Phi) is 7.92. The number of fused-ring (bicyclic) bond motifs is 2. The summed E-state index contributed by atoms with van der Waals surface area (Å²) in [5.74, 6) is 1.02. The molecule has 45 heavy (non-hydrogen) atoms. The summed E-state index contributed by atoms with van der Waals surface area (Å²) in [6.45, 7) is 4.61. The zero-order valence-electron chi connectivity index (χ0n) is 24.9. The fourth-order valence-electron chi connectivity index (χ4n) is 5.84. The van der Waals surface area contributed by atoms with Crippen LogP contribution in [0.15, 0.2) is 126 Å². The molecule has 1 aliphatic heterocycles. The number of halogens is 1. The first-order chi connectivity index (χ1) is 22.0. The van der Waals surface area contributed by atoms with Crippen molar-refractivity contribution in [2.45, 2.75) is 37.3 Å². The molecule has 0 spiro atoms. The summed E-state index contributed by atoms with van der Waals surface area (Å²) in [5.41, 5.74) is 7.34. The van der Waals surface area contributed by atoms with Gasteiger partial charge in [0, 0.05) is 51.4 Å². The minimum atomic E-state index is -0.519. The second kappa shape index (κ2) is 12.3. The number of anilines is 2. The Hall–Kier alpha value is -4.79. The molecular formula is C36H31ClN6OS. The van der Waals surface area contributed by atoms with E-state index in [1.165, 1.54) is 17.3 Å². The number of rotatable bonds is 8. The summed E-state index contributed by atoms with van der Waals surface area (Å²) in [5, 5.41) is 13.9. The Morgan fingerprint density at radius 2 is 1.67 bits per heavy atom. The number of benzene rings is 4. The Morgan fingerprint density at radius 1 is 0.933 bits per heavy atom. The molecule has 0 bridgehead atoms. The number of nitrogens with one attached hydrogen (secondary N) is 2. The van der Waals surface area contributed by atoms with Gasteiger partial charge in [0.05, 0.1) is 5.57 Å². The minimum absolute atomic E-state index is 0.189. The maximum absolute atomic E-state index is 14.2. The van der Waals surface area contributed by atoms with Crippen LogP contribution in [0.25, 0.3) is 10.9 Å². The van der Waals surface area contributed by atoms with Crippen molar-refractivity contribution in [1.82, 2.24) is 19.3 Å². The number of hydrogen-bond donors (Lipinski definition) is 2. The first-order valence-corrected chi connectivity index (χ1v) is 16.1. The largest absolute Gasteiger partial charge is 0.343 e. The zero-order valence-corrected chi connectivity index (χ0v) is 26.4. The number of para-hydroxylation sites is 2. The molecule has 7 rings (SSSR count). The van der Waals surface area contributed by atoms with Gasteiger partial charge in [-0.1, -0.05) is 108 Å². The fourth-order valence-corrected chi connectivity index (χ4v) is 6.95. The molecule has 0 fully saturated rings. The first-order valence-electron chi connectivity index (χ1n) is 14.8. The average Bonchev–Trinajstić information content (AvgIpc) is 3.62. The average molecular weight is 631 g/mol. The van der Waals surface area contributed by atoms with Gasteiger partial charge in [-0.15, -0.1) is 5.10 Å². The van der Waals surface area contributed by atoms with Gasteiger partial charge in [0.15, 0.2) is 0 Å². The number of carbonyl (C=O) groups is 1. The maximum Gasteiger partial charge on any atom is 0.255 e. The topological polar surface area (TPSA) is 76.8 Å². The van der Waals surface area contributed by atoms with E-state index in [4.69, 9.17) is 21.7 Å². The summed E-state index contributed by atoms with van der Waals surface area (Å²) in [6.07, 6.45) is 2.16. The predicted molar refractivity (Wildman–Crippen MR) is 183 cm³/mol. The van der Waals surface area contributed by atoms with Gasteiger partial charge in [-0.05, 0) is 48.7 Å². The summed E-state index contributed by atoms with van der Waals surface area (Å²) in [4.78, 5) is 19.1. The molecule has 7 nitrogen and oxygen atoms in total. The molecule has 0 saturated carbocycles. The number of nitrogens with zero attached hydrogens (tertiary/aromatic N) is 4. The van der Waals surface area contributed by atoms with E-state index in [-0.39, 0.29) is 5.91 Å². The fraction of sp³-hybridized carbons (Fsp3) is 0.139. The first kappa shape index (κ1) is 29.0. The van der Waals surface area contributed by atoms with Crippen LogP contribution in [0.4, 0.5) is 11.6 Å². The van der Waals surface area contributed by atoms with E-state index >= 15 is 0 Å². The Bertz CT molecular complexity index is 2060. The molecule has 9 heteroatoms. The molecule has 2 aromatic heterocycles. The van der Waals surface area contributed by atoms with Crippen LogP contribution in [-0.2, 0) is 17.1 Å². The summed E-state index contributed by atoms with van der Waals surface area (Å²) in [6, 6.07) is 33.8. The quantitative estimate of drug-likeness (QED) is 0.165. The highest BCUT2D eigenvalue weighted by Gasteiger charge is 2.36. The van der Waals surface area contributed by atoms with Crippen molar-refractivity contribution in [3.8, 4) is 0 Å². The Balaban J connectivity index is 1.33. The molecule has 224 valence electrons. The highest BCUT2D eigenvalue weighted by atomic mass is 35.5. The molecule has 2 N–H and O–H groups in total. The van der Waals surface area contributed by atoms with E-state index in [0.29, 0.717) is 34.0 Å². The molecule has 1 atom stereocenters. The molecular weight excluding hydrogens is 600 g/mol. The van der Waals surface area contributed by atoms with Crippen LogP contribution in [0.2, 0.25) is 5.02 Å². The van der Waals surface area contributed by atoms with Crippen molar-refractivity contribution in [3.05, 3.63) is 148 Å². The van der Waals surface area contributed by atoms with Gasteiger partial charge in [0.1, 0.15) is 6.04 Å². The smallest absolute Gasteiger partial charge is 0.255 e. The van der Waals surface area contributed by atoms with Crippen molar-refractivity contribution in [2.24, 2.45) is 0 Å². The molecule has 6 aromatic rings. The van der Waals surface area contributed by atoms with Crippen LogP contribution in [0.5, 0.6) is 0 Å². The highest BCUT2D eigenvalue weighted by Crippen LogP contribution is 2.41. The number of hydrogen-bond acceptors (Lipinski definition) is 5. The lowest BCUT2D eigenvalue weighted by atomic mass is 9.94. The highest BCUT2D eigenvalue weighted by molar-refractivity contribution is 7.98. The van der Waals surface area contributed by atoms with E-state index in [0.717, 1.165) is 39.0 Å². The number of amides is 1. The molecule has 1 unspecified atom stereocenters. The number of aryl methyl sites for hydroxylation is 1. The van der Waals surface area contributed by atoms with Crippen molar-refractivity contribution in [1.29, 1.82) is 0 Å². The third-order valence-electron chi connectivity index (χ3n) is 8.10. The number of carbonyl (C=O) groups excluding carboxylic acids is 1. The lowest BCUT2D eigenvalue weighted by Crippen LogP contribution is -2.31. The van der Waals surface area contributed by atoms with Crippen molar-refractivity contribution in [2.75, 3.05) is 10.6 Å². The number of thioether (sulfide) groups is 1. The number of aromatic nitrogens is 4. The van der Waals surface area contributed by atoms with Crippen LogP contribution in [0, 0.1) is 6.92 Å². The molecule has 0 aliphatic carbocycles. The summed E-state index contributed by atoms with van der Waals surface area (Å²) < 4.78 is 4.10. The SMILES string of the molecule is CC1=C(C(=O)Nc2ccccc2C)C(c2cn(Cc3ccccc3)c3ccccc23)n2nc(SCc3ccccc3Cl)nc2N1. The third kappa shape index (κ3) is 5.75. The molecule has 0 saturated heterocycles. The van der Waals surface area contributed by atoms with Crippen LogP contribution in [0.1, 0.15) is 35.2 Å². The monoisotopic (exact) mass is 630 g/mol. The molecule has 1 amide bonds. The van der Waals surface area contributed by atoms with E-state index in [1.54, 1.807) is 0 Å². The van der Waals surface area contributed by atoms with Crippen LogP contribution >= 0.6 is 23.4 Å². The van der Waals surface area contributed by atoms with Crippen molar-refractivity contribution < 1.29 is 4.79 Å². The standard InChI is InChI=1S/C36H31ClN6OS/c1-23-12-6-10-18-30(23)39-34(44)32-24(2)38-35-40-36(45-22-26-15-7-9-17-29(26)37)41-43(35)33(32)28-21-42(20-25-13-4-3-5-14-25)31-19-11-8-16-27(28)31/h3-19,21,33H,20,22H2,1-2H3,(H,39,44)(H,38,40,41). The van der Waals surface area contributed by atoms with E-state index in [1.807, 2.05) is 85.3 Å². The third-order valence-corrected chi connectivity index (χ3v) is 9.35. The van der Waals surface area contributed by atoms with Gasteiger partial charge in [0.2, 0.25) is 11.1 Å². The van der Waals surface area contributed by atoms with Crippen LogP contribution < -0.4 is 10.6 Å². The zero-order chi connectivity index (χ0) is 30.9. The van der Waals surface area contributed by atoms with E-state index in [2.05, 4.69) is 57.8 Å². The molecule has 4 aromatic carbocycles. The normalized spacial score (nSPS) is 14.3. The van der Waals surface area contributed by atoms with Crippen LogP contribution in [-0.4, -0.2) is 25.2 Å². The number of allylic oxidation sites excluding steroid dienone is 1. The van der Waals surface area contributed by atoms with Gasteiger partial charge < -0.3 is 15.2 Å². The summed E-state index contributed by atoms with van der Waals surface area (Å²) in [7, 11) is 0. The van der Waals surface area contributed by atoms with E-state index in [9.17, 15) is 4.79 Å². The second-order valence-corrected chi connectivity index (χ2v) is 12.4. The Morgan fingerprint density at radius 3 is 2.49 bits per heavy atom. The summed E-state index contributed by atoms with van der Waals surface area (Å²) >= 11 is 7.95. The minimum Gasteiger partial charge on any atom is -0.343 e. The molecule has 1 aliphatic rings. The molecule has 0 radical (unpaired) electrons. The van der Waals surface area contributed by atoms with Gasteiger partial charge in [-0.25, -0.2) is 4.68 Å². The van der Waals surface area contributed by atoms with Gasteiger partial charge in [-0.2, -0.15) is 4.98 Å². The van der Waals surface area contributed by atoms with Gasteiger partial charge >= 0.3 is 0 Å². The maximum atomic E-state index is 14.2. The van der Waals surface area contributed by atoms with Crippen molar-refractivity contribution in [3.63, 3.8) is 0 Å². The van der Waals surface area contributed by atoms with Gasteiger partial charge in [0.25, 0.3) is 5.91 Å². The lowest BCUT2D eigenvalue weighted by molar-refractivity contribution is -0.113. The Labute approximate surface area is 270 Å². The molecule has 3 heterocycles. The van der Waals surface area contributed by atoms with Crippen LogP contribution in [0.3, 0.4) is 0 Å². The lowest BCUT2D eigenvalue weighted by Gasteiger charge is -2.28. The predicted octanol–water partition coefficient (Wildman–Crippen LogP) is 8.46. The second-order valence-electron chi connectivity index (χ2n) is 11.1. The van der Waals surface area contributed by atoms with Crippen molar-refractivity contribution >= 4 is 51.8 Å².